The van der Waals surface area contributed by atoms with Gasteiger partial charge in [0.05, 0.1) is 15.9 Å². The predicted molar refractivity (Wildman–Crippen MR) is 107 cm³/mol. The average Bonchev–Trinajstić information content (AvgIpc) is 2.60. The third-order valence-electron chi connectivity index (χ3n) is 4.01. The molecule has 142 valence electrons. The molecule has 3 aromatic rings. The van der Waals surface area contributed by atoms with E-state index in [1.54, 1.807) is 11.5 Å². The third-order valence-corrected chi connectivity index (χ3v) is 5.89. The van der Waals surface area contributed by atoms with Crippen molar-refractivity contribution in [3.8, 4) is 0 Å². The van der Waals surface area contributed by atoms with Crippen LogP contribution in [-0.4, -0.2) is 24.5 Å². The lowest BCUT2D eigenvalue weighted by molar-refractivity contribution is 0.569. The van der Waals surface area contributed by atoms with Crippen LogP contribution >= 0.6 is 23.2 Å². The van der Waals surface area contributed by atoms with Gasteiger partial charge >= 0.3 is 0 Å². The molecule has 0 aliphatic carbocycles. The van der Waals surface area contributed by atoms with Crippen LogP contribution in [-0.2, 0) is 16.6 Å². The summed E-state index contributed by atoms with van der Waals surface area (Å²) in [7, 11) is -3.74. The van der Waals surface area contributed by atoms with Crippen LogP contribution in [0.25, 0.3) is 11.0 Å². The summed E-state index contributed by atoms with van der Waals surface area (Å²) in [5.41, 5.74) is 1.67. The van der Waals surface area contributed by atoms with Crippen LogP contribution in [0.4, 0.5) is 0 Å². The summed E-state index contributed by atoms with van der Waals surface area (Å²) in [6, 6.07) is 11.5. The van der Waals surface area contributed by atoms with Gasteiger partial charge in [-0.2, -0.15) is 0 Å². The molecular formula is C18H17Cl2N3O3S. The molecule has 6 nitrogen and oxygen atoms in total. The molecule has 9 heteroatoms. The lowest BCUT2D eigenvalue weighted by Crippen LogP contribution is -2.28. The second kappa shape index (κ2) is 7.98. The van der Waals surface area contributed by atoms with Crippen molar-refractivity contribution < 1.29 is 8.42 Å². The van der Waals surface area contributed by atoms with Gasteiger partial charge in [0.1, 0.15) is 5.69 Å². The van der Waals surface area contributed by atoms with Gasteiger partial charge in [-0.05, 0) is 43.7 Å². The first-order valence-electron chi connectivity index (χ1n) is 8.20. The van der Waals surface area contributed by atoms with Crippen molar-refractivity contribution in [2.24, 2.45) is 0 Å². The molecule has 0 fully saturated rings. The van der Waals surface area contributed by atoms with Crippen LogP contribution in [0.3, 0.4) is 0 Å². The number of rotatable bonds is 6. The molecule has 0 aliphatic rings. The van der Waals surface area contributed by atoms with E-state index in [0.29, 0.717) is 18.7 Å². The van der Waals surface area contributed by atoms with Gasteiger partial charge in [-0.1, -0.05) is 35.3 Å². The van der Waals surface area contributed by atoms with Crippen LogP contribution in [0.5, 0.6) is 0 Å². The molecule has 0 saturated carbocycles. The fourth-order valence-corrected chi connectivity index (χ4v) is 4.55. The van der Waals surface area contributed by atoms with Gasteiger partial charge in [-0.3, -0.25) is 4.79 Å². The van der Waals surface area contributed by atoms with Crippen LogP contribution in [0.15, 0.2) is 52.2 Å². The lowest BCUT2D eigenvalue weighted by atomic mass is 10.2. The van der Waals surface area contributed by atoms with Crippen molar-refractivity contribution in [3.05, 3.63) is 68.6 Å². The quantitative estimate of drug-likeness (QED) is 0.613. The normalized spacial score (nSPS) is 11.8. The molecule has 1 heterocycles. The minimum absolute atomic E-state index is 0.00220. The molecule has 3 rings (SSSR count). The van der Waals surface area contributed by atoms with Crippen LogP contribution in [0, 0.1) is 6.92 Å². The molecular weight excluding hydrogens is 409 g/mol. The number of para-hydroxylation sites is 2. The first-order valence-corrected chi connectivity index (χ1v) is 10.4. The standard InChI is InChI=1S/C18H17Cl2N3O3S/c1-12-18(24)23(17-6-3-2-5-16(17)22-12)8-4-7-21-27(25,26)15-10-13(19)9-14(20)11-15/h2-3,5-6,9-11,21H,4,7-8H2,1H3. The average molecular weight is 426 g/mol. The molecule has 0 spiro atoms. The Labute approximate surface area is 166 Å². The van der Waals surface area contributed by atoms with Crippen LogP contribution < -0.4 is 10.3 Å². The van der Waals surface area contributed by atoms with Crippen molar-refractivity contribution in [1.29, 1.82) is 0 Å². The zero-order valence-electron chi connectivity index (χ0n) is 14.4. The van der Waals surface area contributed by atoms with Gasteiger partial charge in [0.25, 0.3) is 5.56 Å². The molecule has 0 radical (unpaired) electrons. The number of benzene rings is 2. The van der Waals surface area contributed by atoms with Gasteiger partial charge in [0.15, 0.2) is 0 Å². The summed E-state index contributed by atoms with van der Waals surface area (Å²) in [5, 5.41) is 0.487. The fraction of sp³-hybridized carbons (Fsp3) is 0.222. The molecule has 0 bridgehead atoms. The Morgan fingerprint density at radius 2 is 1.78 bits per heavy atom. The van der Waals surface area contributed by atoms with E-state index in [1.165, 1.54) is 18.2 Å². The smallest absolute Gasteiger partial charge is 0.272 e. The number of nitrogens with one attached hydrogen (secondary N) is 1. The fourth-order valence-electron chi connectivity index (χ4n) is 2.75. The first kappa shape index (κ1) is 19.8. The minimum atomic E-state index is -3.74. The second-order valence-corrected chi connectivity index (χ2v) is 8.64. The largest absolute Gasteiger partial charge is 0.305 e. The number of halogens is 2. The third kappa shape index (κ3) is 4.50. The topological polar surface area (TPSA) is 81.1 Å². The van der Waals surface area contributed by atoms with Gasteiger partial charge < -0.3 is 4.57 Å². The van der Waals surface area contributed by atoms with E-state index in [9.17, 15) is 13.2 Å². The highest BCUT2D eigenvalue weighted by molar-refractivity contribution is 7.89. The first-order chi connectivity index (χ1) is 12.8. The Morgan fingerprint density at radius 3 is 2.48 bits per heavy atom. The van der Waals surface area contributed by atoms with Crippen molar-refractivity contribution in [3.63, 3.8) is 0 Å². The molecule has 0 atom stereocenters. The summed E-state index contributed by atoms with van der Waals surface area (Å²) >= 11 is 11.7. The Morgan fingerprint density at radius 1 is 1.11 bits per heavy atom. The Hall–Kier alpha value is -1.93. The maximum absolute atomic E-state index is 12.4. The van der Waals surface area contributed by atoms with Gasteiger partial charge in [-0.15, -0.1) is 0 Å². The zero-order valence-corrected chi connectivity index (χ0v) is 16.8. The minimum Gasteiger partial charge on any atom is -0.305 e. The van der Waals surface area contributed by atoms with E-state index in [4.69, 9.17) is 23.2 Å². The number of nitrogens with zero attached hydrogens (tertiary/aromatic N) is 2. The summed E-state index contributed by atoms with van der Waals surface area (Å²) in [5.74, 6) is 0. The van der Waals surface area contributed by atoms with Crippen LogP contribution in [0.1, 0.15) is 12.1 Å². The maximum Gasteiger partial charge on any atom is 0.272 e. The summed E-state index contributed by atoms with van der Waals surface area (Å²) in [6.45, 7) is 2.19. The van der Waals surface area contributed by atoms with Gasteiger partial charge in [-0.25, -0.2) is 18.1 Å². The molecule has 27 heavy (non-hydrogen) atoms. The summed E-state index contributed by atoms with van der Waals surface area (Å²) < 4.78 is 28.9. The SMILES string of the molecule is Cc1nc2ccccc2n(CCCNS(=O)(=O)c2cc(Cl)cc(Cl)c2)c1=O. The molecule has 1 N–H and O–H groups in total. The number of hydrogen-bond donors (Lipinski definition) is 1. The Bertz CT molecular complexity index is 1140. The maximum atomic E-state index is 12.4. The monoisotopic (exact) mass is 425 g/mol. The van der Waals surface area contributed by atoms with Gasteiger partial charge in [0, 0.05) is 23.1 Å². The van der Waals surface area contributed by atoms with E-state index in [1.807, 2.05) is 24.3 Å². The lowest BCUT2D eigenvalue weighted by Gasteiger charge is -2.12. The summed E-state index contributed by atoms with van der Waals surface area (Å²) in [4.78, 5) is 16.7. The van der Waals surface area contributed by atoms with Crippen LogP contribution in [0.2, 0.25) is 10.0 Å². The number of aryl methyl sites for hydroxylation is 2. The van der Waals surface area contributed by atoms with Crippen molar-refractivity contribution >= 4 is 44.3 Å². The van der Waals surface area contributed by atoms with Crippen molar-refractivity contribution in [2.45, 2.75) is 24.8 Å². The van der Waals surface area contributed by atoms with E-state index in [0.717, 1.165) is 11.0 Å². The highest BCUT2D eigenvalue weighted by Crippen LogP contribution is 2.22. The van der Waals surface area contributed by atoms with E-state index in [2.05, 4.69) is 9.71 Å². The molecule has 2 aromatic carbocycles. The molecule has 1 aromatic heterocycles. The Balaban J connectivity index is 1.73. The zero-order chi connectivity index (χ0) is 19.6. The highest BCUT2D eigenvalue weighted by Gasteiger charge is 2.15. The van der Waals surface area contributed by atoms with E-state index in [-0.39, 0.29) is 27.0 Å². The summed E-state index contributed by atoms with van der Waals surface area (Å²) in [6.07, 6.45) is 0.431. The van der Waals surface area contributed by atoms with Gasteiger partial charge in [0.2, 0.25) is 10.0 Å². The molecule has 0 saturated heterocycles. The number of hydrogen-bond acceptors (Lipinski definition) is 4. The molecule has 0 unspecified atom stereocenters. The van der Waals surface area contributed by atoms with Crippen molar-refractivity contribution in [1.82, 2.24) is 14.3 Å². The Kier molecular flexibility index (Phi) is 5.86. The highest BCUT2D eigenvalue weighted by atomic mass is 35.5. The predicted octanol–water partition coefficient (Wildman–Crippen LogP) is 3.38. The molecule has 0 aliphatic heterocycles. The number of fused-ring (bicyclic) bond motifs is 1. The van der Waals surface area contributed by atoms with Crippen molar-refractivity contribution in [2.75, 3.05) is 6.54 Å². The van der Waals surface area contributed by atoms with E-state index < -0.39 is 10.0 Å². The second-order valence-electron chi connectivity index (χ2n) is 6.00. The number of sulfonamides is 1. The molecule has 0 amide bonds. The number of aromatic nitrogens is 2. The van der Waals surface area contributed by atoms with E-state index >= 15 is 0 Å².